The van der Waals surface area contributed by atoms with Crippen LogP contribution in [0.1, 0.15) is 46.0 Å². The van der Waals surface area contributed by atoms with E-state index in [1.54, 1.807) is 0 Å². The topological polar surface area (TPSA) is 29.3 Å². The maximum absolute atomic E-state index is 5.48. The molecule has 1 aliphatic carbocycles. The predicted molar refractivity (Wildman–Crippen MR) is 62.3 cm³/mol. The van der Waals surface area contributed by atoms with Gasteiger partial charge in [-0.05, 0) is 58.5 Å². The van der Waals surface area contributed by atoms with Crippen LogP contribution in [0.25, 0.3) is 0 Å². The average Bonchev–Trinajstić information content (AvgIpc) is 2.93. The maximum atomic E-state index is 5.48. The number of hydrogen-bond acceptors (Lipinski definition) is 2. The van der Waals surface area contributed by atoms with Crippen molar-refractivity contribution in [3.8, 4) is 0 Å². The zero-order valence-electron chi connectivity index (χ0n) is 9.84. The third-order valence-electron chi connectivity index (χ3n) is 3.07. The Bertz CT molecular complexity index is 141. The van der Waals surface area contributed by atoms with Crippen molar-refractivity contribution in [2.75, 3.05) is 19.6 Å². The summed E-state index contributed by atoms with van der Waals surface area (Å²) >= 11 is 0. The van der Waals surface area contributed by atoms with Crippen molar-refractivity contribution in [1.82, 2.24) is 4.90 Å². The minimum atomic E-state index is 0.716. The van der Waals surface area contributed by atoms with E-state index in [-0.39, 0.29) is 0 Å². The van der Waals surface area contributed by atoms with E-state index in [0.717, 1.165) is 12.5 Å². The molecule has 0 radical (unpaired) electrons. The highest BCUT2D eigenvalue weighted by atomic mass is 15.1. The molecule has 0 unspecified atom stereocenters. The van der Waals surface area contributed by atoms with E-state index >= 15 is 0 Å². The first-order valence-corrected chi connectivity index (χ1v) is 6.18. The van der Waals surface area contributed by atoms with Crippen LogP contribution in [0.4, 0.5) is 0 Å². The molecule has 0 bridgehead atoms. The summed E-state index contributed by atoms with van der Waals surface area (Å²) in [4.78, 5) is 2.63. The van der Waals surface area contributed by atoms with Crippen molar-refractivity contribution in [3.63, 3.8) is 0 Å². The Kier molecular flexibility index (Phi) is 5.49. The van der Waals surface area contributed by atoms with E-state index < -0.39 is 0 Å². The lowest BCUT2D eigenvalue weighted by molar-refractivity contribution is 0.208. The summed E-state index contributed by atoms with van der Waals surface area (Å²) in [5, 5.41) is 0. The summed E-state index contributed by atoms with van der Waals surface area (Å²) in [5.74, 6) is 1.02. The molecule has 0 aromatic rings. The second-order valence-corrected chi connectivity index (χ2v) is 4.88. The fraction of sp³-hybridized carbons (Fsp3) is 1.00. The lowest BCUT2D eigenvalue weighted by atomic mass is 10.2. The van der Waals surface area contributed by atoms with E-state index in [1.165, 1.54) is 45.2 Å². The Morgan fingerprint density at radius 3 is 2.43 bits per heavy atom. The molecule has 0 heterocycles. The van der Waals surface area contributed by atoms with Crippen LogP contribution in [0.2, 0.25) is 0 Å². The highest BCUT2D eigenvalue weighted by Crippen LogP contribution is 2.30. The van der Waals surface area contributed by atoms with Crippen LogP contribution >= 0.6 is 0 Å². The van der Waals surface area contributed by atoms with Crippen LogP contribution in [0, 0.1) is 5.92 Å². The first kappa shape index (κ1) is 12.0. The number of hydrogen-bond donors (Lipinski definition) is 1. The quantitative estimate of drug-likeness (QED) is 0.606. The summed E-state index contributed by atoms with van der Waals surface area (Å²) in [6, 6.07) is 0.716. The molecular weight excluding hydrogens is 172 g/mol. The lowest BCUT2D eigenvalue weighted by Crippen LogP contribution is -2.33. The molecule has 14 heavy (non-hydrogen) atoms. The van der Waals surface area contributed by atoms with Gasteiger partial charge in [0.15, 0.2) is 0 Å². The van der Waals surface area contributed by atoms with Gasteiger partial charge in [0, 0.05) is 12.6 Å². The average molecular weight is 198 g/mol. The zero-order chi connectivity index (χ0) is 10.4. The summed E-state index contributed by atoms with van der Waals surface area (Å²) in [6.45, 7) is 8.08. The Morgan fingerprint density at radius 2 is 1.93 bits per heavy atom. The van der Waals surface area contributed by atoms with Gasteiger partial charge in [-0.3, -0.25) is 0 Å². The van der Waals surface area contributed by atoms with Gasteiger partial charge >= 0.3 is 0 Å². The van der Waals surface area contributed by atoms with Gasteiger partial charge in [-0.25, -0.2) is 0 Å². The molecule has 1 rings (SSSR count). The first-order chi connectivity index (χ1) is 6.74. The standard InChI is InChI=1S/C12H26N2/c1-11(2)14(10-12-6-7-12)9-5-3-4-8-13/h11-12H,3-10,13H2,1-2H3. The van der Waals surface area contributed by atoms with Crippen molar-refractivity contribution in [2.45, 2.75) is 52.0 Å². The number of nitrogens with zero attached hydrogens (tertiary/aromatic N) is 1. The molecule has 0 aromatic heterocycles. The summed E-state index contributed by atoms with van der Waals surface area (Å²) in [6.07, 6.45) is 6.74. The van der Waals surface area contributed by atoms with Crippen molar-refractivity contribution >= 4 is 0 Å². The van der Waals surface area contributed by atoms with Gasteiger partial charge < -0.3 is 10.6 Å². The molecule has 0 aromatic carbocycles. The van der Waals surface area contributed by atoms with Crippen LogP contribution in [0.5, 0.6) is 0 Å². The third kappa shape index (κ3) is 4.97. The van der Waals surface area contributed by atoms with Crippen LogP contribution in [0.15, 0.2) is 0 Å². The number of unbranched alkanes of at least 4 members (excludes halogenated alkanes) is 2. The fourth-order valence-corrected chi connectivity index (χ4v) is 1.83. The summed E-state index contributed by atoms with van der Waals surface area (Å²) < 4.78 is 0. The normalized spacial score (nSPS) is 16.9. The van der Waals surface area contributed by atoms with Crippen molar-refractivity contribution in [2.24, 2.45) is 11.7 Å². The monoisotopic (exact) mass is 198 g/mol. The number of rotatable bonds is 8. The minimum Gasteiger partial charge on any atom is -0.330 e. The third-order valence-corrected chi connectivity index (χ3v) is 3.07. The van der Waals surface area contributed by atoms with Gasteiger partial charge in [-0.2, -0.15) is 0 Å². The largest absolute Gasteiger partial charge is 0.330 e. The zero-order valence-corrected chi connectivity index (χ0v) is 9.84. The molecule has 0 atom stereocenters. The van der Waals surface area contributed by atoms with Gasteiger partial charge in [-0.1, -0.05) is 6.42 Å². The molecule has 1 fully saturated rings. The van der Waals surface area contributed by atoms with E-state index in [2.05, 4.69) is 18.7 Å². The van der Waals surface area contributed by atoms with Crippen molar-refractivity contribution in [1.29, 1.82) is 0 Å². The Balaban J connectivity index is 2.07. The SMILES string of the molecule is CC(C)N(CCCCCN)CC1CC1. The number of nitrogens with two attached hydrogens (primary N) is 1. The summed E-state index contributed by atoms with van der Waals surface area (Å²) in [7, 11) is 0. The Hall–Kier alpha value is -0.0800. The van der Waals surface area contributed by atoms with Gasteiger partial charge in [-0.15, -0.1) is 0 Å². The minimum absolute atomic E-state index is 0.716. The Labute approximate surface area is 88.8 Å². The molecule has 0 amide bonds. The van der Waals surface area contributed by atoms with Gasteiger partial charge in [0.05, 0.1) is 0 Å². The van der Waals surface area contributed by atoms with Gasteiger partial charge in [0.1, 0.15) is 0 Å². The van der Waals surface area contributed by atoms with Crippen molar-refractivity contribution < 1.29 is 0 Å². The molecule has 2 heteroatoms. The molecule has 1 saturated carbocycles. The van der Waals surface area contributed by atoms with E-state index in [9.17, 15) is 0 Å². The smallest absolute Gasteiger partial charge is 0.00387 e. The van der Waals surface area contributed by atoms with Gasteiger partial charge in [0.2, 0.25) is 0 Å². The molecule has 0 aliphatic heterocycles. The van der Waals surface area contributed by atoms with Crippen LogP contribution in [0.3, 0.4) is 0 Å². The molecule has 2 nitrogen and oxygen atoms in total. The van der Waals surface area contributed by atoms with Crippen LogP contribution < -0.4 is 5.73 Å². The second-order valence-electron chi connectivity index (χ2n) is 4.88. The molecule has 0 saturated heterocycles. The first-order valence-electron chi connectivity index (χ1n) is 6.18. The fourth-order valence-electron chi connectivity index (χ4n) is 1.83. The molecule has 84 valence electrons. The van der Waals surface area contributed by atoms with Crippen LogP contribution in [-0.4, -0.2) is 30.6 Å². The lowest BCUT2D eigenvalue weighted by Gasteiger charge is -2.26. The van der Waals surface area contributed by atoms with E-state index in [4.69, 9.17) is 5.73 Å². The molecule has 2 N–H and O–H groups in total. The summed E-state index contributed by atoms with van der Waals surface area (Å²) in [5.41, 5.74) is 5.48. The molecular formula is C12H26N2. The predicted octanol–water partition coefficient (Wildman–Crippen LogP) is 2.24. The van der Waals surface area contributed by atoms with E-state index in [0.29, 0.717) is 6.04 Å². The van der Waals surface area contributed by atoms with Crippen molar-refractivity contribution in [3.05, 3.63) is 0 Å². The molecule has 0 spiro atoms. The maximum Gasteiger partial charge on any atom is 0.00387 e. The van der Waals surface area contributed by atoms with Crippen LogP contribution in [-0.2, 0) is 0 Å². The van der Waals surface area contributed by atoms with Gasteiger partial charge in [0.25, 0.3) is 0 Å². The van der Waals surface area contributed by atoms with E-state index in [1.807, 2.05) is 0 Å². The highest BCUT2D eigenvalue weighted by molar-refractivity contribution is 4.78. The highest BCUT2D eigenvalue weighted by Gasteiger charge is 2.24. The second kappa shape index (κ2) is 6.41. The Morgan fingerprint density at radius 1 is 1.21 bits per heavy atom. The molecule has 1 aliphatic rings.